The van der Waals surface area contributed by atoms with Crippen LogP contribution in [0.5, 0.6) is 0 Å². The lowest BCUT2D eigenvalue weighted by atomic mass is 9.71. The minimum Gasteiger partial charge on any atom is -0.456 e. The molecule has 0 N–H and O–H groups in total. The molecule has 0 spiro atoms. The maximum Gasteiger partial charge on any atom is 0.312 e. The van der Waals surface area contributed by atoms with Crippen LogP contribution in [-0.4, -0.2) is 5.97 Å². The van der Waals surface area contributed by atoms with Crippen molar-refractivity contribution in [1.29, 1.82) is 0 Å². The van der Waals surface area contributed by atoms with Crippen molar-refractivity contribution >= 4 is 29.2 Å². The van der Waals surface area contributed by atoms with Gasteiger partial charge in [-0.3, -0.25) is 4.79 Å². The SMILES string of the molecule is C=CCC1(C)CC(c2cccc(Cl)c2)[C@H](c2ccc(Cl)cc2)OC1=O. The van der Waals surface area contributed by atoms with E-state index in [2.05, 4.69) is 6.58 Å². The van der Waals surface area contributed by atoms with Crippen LogP contribution in [0.15, 0.2) is 61.2 Å². The Kier molecular flexibility index (Phi) is 5.21. The molecule has 0 saturated carbocycles. The lowest BCUT2D eigenvalue weighted by Crippen LogP contribution is -2.39. The predicted molar refractivity (Wildman–Crippen MR) is 102 cm³/mol. The number of esters is 1. The Labute approximate surface area is 158 Å². The topological polar surface area (TPSA) is 26.3 Å². The summed E-state index contributed by atoms with van der Waals surface area (Å²) in [7, 11) is 0. The van der Waals surface area contributed by atoms with Crippen LogP contribution in [0.1, 0.15) is 42.9 Å². The van der Waals surface area contributed by atoms with Crippen molar-refractivity contribution < 1.29 is 9.53 Å². The van der Waals surface area contributed by atoms with Gasteiger partial charge >= 0.3 is 5.97 Å². The Morgan fingerprint density at radius 3 is 2.52 bits per heavy atom. The summed E-state index contributed by atoms with van der Waals surface area (Å²) < 4.78 is 5.91. The summed E-state index contributed by atoms with van der Waals surface area (Å²) in [5.41, 5.74) is 1.41. The van der Waals surface area contributed by atoms with E-state index >= 15 is 0 Å². The maximum atomic E-state index is 12.7. The molecule has 2 nitrogen and oxygen atoms in total. The average Bonchev–Trinajstić information content (AvgIpc) is 2.58. The van der Waals surface area contributed by atoms with E-state index in [0.29, 0.717) is 22.9 Å². The molecule has 0 radical (unpaired) electrons. The first kappa shape index (κ1) is 18.0. The number of allylic oxidation sites excluding steroid dienone is 1. The minimum atomic E-state index is -0.586. The van der Waals surface area contributed by atoms with Gasteiger partial charge in [-0.2, -0.15) is 0 Å². The molecule has 1 fully saturated rings. The van der Waals surface area contributed by atoms with Crippen LogP contribution in [0.25, 0.3) is 0 Å². The number of halogens is 2. The molecule has 2 aromatic rings. The van der Waals surface area contributed by atoms with Gasteiger partial charge in [0.15, 0.2) is 0 Å². The molecule has 2 aromatic carbocycles. The Morgan fingerprint density at radius 2 is 1.88 bits per heavy atom. The minimum absolute atomic E-state index is 0.0162. The summed E-state index contributed by atoms with van der Waals surface area (Å²) in [5.74, 6) is -0.173. The van der Waals surface area contributed by atoms with Crippen molar-refractivity contribution in [2.75, 3.05) is 0 Å². The van der Waals surface area contributed by atoms with Crippen molar-refractivity contribution in [2.45, 2.75) is 31.8 Å². The summed E-state index contributed by atoms with van der Waals surface area (Å²) in [5, 5.41) is 1.33. The lowest BCUT2D eigenvalue weighted by Gasteiger charge is -2.41. The number of cyclic esters (lactones) is 1. The second-order valence-electron chi connectivity index (χ2n) is 6.80. The zero-order chi connectivity index (χ0) is 18.0. The molecule has 3 rings (SSSR count). The number of carbonyl (C=O) groups excluding carboxylic acids is 1. The first-order valence-corrected chi connectivity index (χ1v) is 9.01. The molecule has 130 valence electrons. The largest absolute Gasteiger partial charge is 0.456 e. The van der Waals surface area contributed by atoms with Gasteiger partial charge in [0.2, 0.25) is 0 Å². The van der Waals surface area contributed by atoms with Gasteiger partial charge in [0, 0.05) is 16.0 Å². The predicted octanol–water partition coefficient (Wildman–Crippen LogP) is 6.35. The molecule has 2 unspecified atom stereocenters. The molecule has 0 aromatic heterocycles. The van der Waals surface area contributed by atoms with E-state index in [1.807, 2.05) is 55.5 Å². The maximum absolute atomic E-state index is 12.7. The number of hydrogen-bond donors (Lipinski definition) is 0. The smallest absolute Gasteiger partial charge is 0.312 e. The molecule has 0 bridgehead atoms. The van der Waals surface area contributed by atoms with Crippen LogP contribution in [-0.2, 0) is 9.53 Å². The fourth-order valence-corrected chi connectivity index (χ4v) is 3.81. The number of hydrogen-bond acceptors (Lipinski definition) is 2. The molecule has 0 amide bonds. The number of benzene rings is 2. The lowest BCUT2D eigenvalue weighted by molar-refractivity contribution is -0.171. The van der Waals surface area contributed by atoms with Crippen LogP contribution in [0.4, 0.5) is 0 Å². The highest BCUT2D eigenvalue weighted by atomic mass is 35.5. The monoisotopic (exact) mass is 374 g/mol. The third-order valence-electron chi connectivity index (χ3n) is 4.83. The van der Waals surface area contributed by atoms with Gasteiger partial charge in [0.25, 0.3) is 0 Å². The van der Waals surface area contributed by atoms with Crippen molar-refractivity contribution in [3.05, 3.63) is 82.4 Å². The number of ether oxygens (including phenoxy) is 1. The molecule has 3 atom stereocenters. The van der Waals surface area contributed by atoms with Gasteiger partial charge in [0.1, 0.15) is 6.10 Å². The Bertz CT molecular complexity index is 785. The Hall–Kier alpha value is -1.77. The van der Waals surface area contributed by atoms with E-state index in [9.17, 15) is 4.79 Å². The summed E-state index contributed by atoms with van der Waals surface area (Å²) in [6.07, 6.45) is 2.67. The van der Waals surface area contributed by atoms with Crippen LogP contribution in [0.2, 0.25) is 10.0 Å². The highest BCUT2D eigenvalue weighted by Gasteiger charge is 2.46. The van der Waals surface area contributed by atoms with Crippen LogP contribution < -0.4 is 0 Å². The second-order valence-corrected chi connectivity index (χ2v) is 7.67. The third kappa shape index (κ3) is 3.75. The van der Waals surface area contributed by atoms with Crippen molar-refractivity contribution in [2.24, 2.45) is 5.41 Å². The fraction of sp³-hybridized carbons (Fsp3) is 0.286. The molecule has 0 aliphatic carbocycles. The third-order valence-corrected chi connectivity index (χ3v) is 5.32. The zero-order valence-electron chi connectivity index (χ0n) is 14.0. The van der Waals surface area contributed by atoms with Gasteiger partial charge in [-0.1, -0.05) is 53.5 Å². The van der Waals surface area contributed by atoms with Gasteiger partial charge < -0.3 is 4.74 Å². The molecule has 4 heteroatoms. The van der Waals surface area contributed by atoms with Gasteiger partial charge in [-0.15, -0.1) is 6.58 Å². The van der Waals surface area contributed by atoms with Crippen molar-refractivity contribution in [3.63, 3.8) is 0 Å². The quantitative estimate of drug-likeness (QED) is 0.460. The molecular formula is C21H20Cl2O2. The van der Waals surface area contributed by atoms with Gasteiger partial charge in [-0.25, -0.2) is 0 Å². The fourth-order valence-electron chi connectivity index (χ4n) is 3.48. The van der Waals surface area contributed by atoms with Crippen molar-refractivity contribution in [3.8, 4) is 0 Å². The molecule has 1 heterocycles. The second kappa shape index (κ2) is 7.23. The van der Waals surface area contributed by atoms with E-state index < -0.39 is 5.41 Å². The van der Waals surface area contributed by atoms with E-state index in [4.69, 9.17) is 27.9 Å². The van der Waals surface area contributed by atoms with E-state index in [-0.39, 0.29) is 18.0 Å². The van der Waals surface area contributed by atoms with Crippen LogP contribution >= 0.6 is 23.2 Å². The Balaban J connectivity index is 2.03. The number of carbonyl (C=O) groups is 1. The molecule has 1 saturated heterocycles. The summed E-state index contributed by atoms with van der Waals surface area (Å²) in [6, 6.07) is 15.2. The van der Waals surface area contributed by atoms with E-state index in [1.54, 1.807) is 6.08 Å². The van der Waals surface area contributed by atoms with Crippen LogP contribution in [0, 0.1) is 5.41 Å². The summed E-state index contributed by atoms with van der Waals surface area (Å²) in [4.78, 5) is 12.7. The zero-order valence-corrected chi connectivity index (χ0v) is 15.6. The number of rotatable bonds is 4. The van der Waals surface area contributed by atoms with Gasteiger partial charge in [0.05, 0.1) is 5.41 Å². The first-order chi connectivity index (χ1) is 11.9. The standard InChI is InChI=1S/C21H20Cl2O2/c1-3-11-21(2)13-18(15-5-4-6-17(23)12-15)19(25-20(21)24)14-7-9-16(22)10-8-14/h3-10,12,18-19H,1,11,13H2,2H3/t18?,19-,21?/m0/s1. The van der Waals surface area contributed by atoms with Crippen molar-refractivity contribution in [1.82, 2.24) is 0 Å². The molecule has 1 aliphatic heterocycles. The highest BCUT2D eigenvalue weighted by Crippen LogP contribution is 2.49. The van der Waals surface area contributed by atoms with Crippen LogP contribution in [0.3, 0.4) is 0 Å². The molecule has 25 heavy (non-hydrogen) atoms. The average molecular weight is 375 g/mol. The first-order valence-electron chi connectivity index (χ1n) is 8.26. The molecule has 1 aliphatic rings. The van der Waals surface area contributed by atoms with E-state index in [0.717, 1.165) is 11.1 Å². The summed E-state index contributed by atoms with van der Waals surface area (Å²) in [6.45, 7) is 5.73. The summed E-state index contributed by atoms with van der Waals surface area (Å²) >= 11 is 12.2. The molecular weight excluding hydrogens is 355 g/mol. The highest BCUT2D eigenvalue weighted by molar-refractivity contribution is 6.30. The normalized spacial score (nSPS) is 26.1. The Morgan fingerprint density at radius 1 is 1.16 bits per heavy atom. The van der Waals surface area contributed by atoms with Gasteiger partial charge in [-0.05, 0) is 55.2 Å². The van der Waals surface area contributed by atoms with E-state index in [1.165, 1.54) is 0 Å².